The molecule has 0 aliphatic heterocycles. The summed E-state index contributed by atoms with van der Waals surface area (Å²) in [4.78, 5) is 23.7. The first-order valence-corrected chi connectivity index (χ1v) is 9.32. The van der Waals surface area contributed by atoms with E-state index >= 15 is 0 Å². The van der Waals surface area contributed by atoms with Gasteiger partial charge in [0.1, 0.15) is 0 Å². The molecular formula is C16H16ClN3O6S. The number of ether oxygens (including phenoxy) is 1. The van der Waals surface area contributed by atoms with Gasteiger partial charge < -0.3 is 15.3 Å². The summed E-state index contributed by atoms with van der Waals surface area (Å²) in [6, 6.07) is 7.98. The van der Waals surface area contributed by atoms with Crippen LogP contribution in [0.1, 0.15) is 10.5 Å². The molecule has 0 bridgehead atoms. The van der Waals surface area contributed by atoms with Crippen LogP contribution in [0.4, 0.5) is 5.69 Å². The topological polar surface area (TPSA) is 120 Å². The van der Waals surface area contributed by atoms with Crippen LogP contribution in [0, 0.1) is 5.21 Å². The Morgan fingerprint density at radius 3 is 2.59 bits per heavy atom. The van der Waals surface area contributed by atoms with Crippen molar-refractivity contribution in [2.45, 2.75) is 4.90 Å². The van der Waals surface area contributed by atoms with Crippen LogP contribution < -0.4 is 10.0 Å². The van der Waals surface area contributed by atoms with Gasteiger partial charge in [-0.05, 0) is 24.3 Å². The lowest BCUT2D eigenvalue weighted by Crippen LogP contribution is -2.35. The Balaban J connectivity index is 2.08. The fourth-order valence-corrected chi connectivity index (χ4v) is 3.04. The summed E-state index contributed by atoms with van der Waals surface area (Å²) in [5.41, 5.74) is -0.235. The number of anilines is 1. The molecule has 2 aromatic rings. The molecule has 0 spiro atoms. The number of sulfonamides is 1. The smallest absolute Gasteiger partial charge is 0.405 e. The van der Waals surface area contributed by atoms with Gasteiger partial charge in [0.05, 0.1) is 15.6 Å². The Bertz CT molecular complexity index is 978. The number of carbonyl (C=O) groups excluding carboxylic acids is 2. The molecule has 0 fully saturated rings. The zero-order chi connectivity index (χ0) is 20.2. The number of rotatable bonds is 6. The molecule has 1 aromatic carbocycles. The van der Waals surface area contributed by atoms with E-state index in [0.717, 1.165) is 10.5 Å². The number of nitrogens with one attached hydrogen (secondary N) is 1. The van der Waals surface area contributed by atoms with Crippen molar-refractivity contribution in [2.24, 2.45) is 0 Å². The zero-order valence-corrected chi connectivity index (χ0v) is 16.0. The lowest BCUT2D eigenvalue weighted by atomic mass is 10.3. The summed E-state index contributed by atoms with van der Waals surface area (Å²) >= 11 is 5.97. The van der Waals surface area contributed by atoms with Gasteiger partial charge in [0.15, 0.2) is 12.8 Å². The lowest BCUT2D eigenvalue weighted by Gasteiger charge is -2.13. The van der Waals surface area contributed by atoms with Crippen LogP contribution in [0.15, 0.2) is 47.5 Å². The van der Waals surface area contributed by atoms with E-state index in [1.807, 2.05) is 0 Å². The molecule has 1 aromatic heterocycles. The van der Waals surface area contributed by atoms with Crippen LogP contribution in [-0.2, 0) is 19.6 Å². The van der Waals surface area contributed by atoms with Crippen molar-refractivity contribution in [3.8, 4) is 0 Å². The van der Waals surface area contributed by atoms with E-state index in [0.29, 0.717) is 4.73 Å². The van der Waals surface area contributed by atoms with Crippen molar-refractivity contribution in [3.63, 3.8) is 0 Å². The zero-order valence-electron chi connectivity index (χ0n) is 14.4. The number of nitrogens with zero attached hydrogens (tertiary/aromatic N) is 2. The van der Waals surface area contributed by atoms with Crippen LogP contribution in [0.5, 0.6) is 0 Å². The molecule has 27 heavy (non-hydrogen) atoms. The maximum absolute atomic E-state index is 12.2. The van der Waals surface area contributed by atoms with Gasteiger partial charge in [-0.3, -0.25) is 4.79 Å². The highest BCUT2D eigenvalue weighted by atomic mass is 35.5. The third-order valence-corrected chi connectivity index (χ3v) is 5.50. The van der Waals surface area contributed by atoms with Crippen molar-refractivity contribution in [1.29, 1.82) is 0 Å². The van der Waals surface area contributed by atoms with Crippen LogP contribution in [-0.4, -0.2) is 45.3 Å². The fourth-order valence-electron chi connectivity index (χ4n) is 1.95. The number of esters is 1. The van der Waals surface area contributed by atoms with E-state index in [1.54, 1.807) is 0 Å². The molecule has 1 amide bonds. The summed E-state index contributed by atoms with van der Waals surface area (Å²) < 4.78 is 30.4. The van der Waals surface area contributed by atoms with Crippen molar-refractivity contribution in [2.75, 3.05) is 26.0 Å². The van der Waals surface area contributed by atoms with Gasteiger partial charge in [-0.2, -0.15) is 4.73 Å². The highest BCUT2D eigenvalue weighted by Crippen LogP contribution is 2.26. The molecule has 0 saturated heterocycles. The molecule has 11 heteroatoms. The highest BCUT2D eigenvalue weighted by Gasteiger charge is 2.21. The predicted octanol–water partition coefficient (Wildman–Crippen LogP) is 1.02. The normalized spacial score (nSPS) is 11.3. The Labute approximate surface area is 160 Å². The van der Waals surface area contributed by atoms with E-state index in [1.165, 1.54) is 50.5 Å². The van der Waals surface area contributed by atoms with Crippen LogP contribution in [0.3, 0.4) is 0 Å². The second-order valence-electron chi connectivity index (χ2n) is 5.47. The molecule has 1 N–H and O–H groups in total. The van der Waals surface area contributed by atoms with Crippen LogP contribution in [0.2, 0.25) is 5.02 Å². The molecule has 2 rings (SSSR count). The van der Waals surface area contributed by atoms with Crippen molar-refractivity contribution in [1.82, 2.24) is 4.31 Å². The third kappa shape index (κ3) is 4.94. The number of hydrogen-bond donors (Lipinski definition) is 1. The van der Waals surface area contributed by atoms with Gasteiger partial charge in [0, 0.05) is 26.2 Å². The first-order valence-electron chi connectivity index (χ1n) is 7.50. The number of halogens is 1. The van der Waals surface area contributed by atoms with Gasteiger partial charge in [0.2, 0.25) is 10.0 Å². The van der Waals surface area contributed by atoms with Crippen LogP contribution in [0.25, 0.3) is 0 Å². The fraction of sp³-hybridized carbons (Fsp3) is 0.188. The first kappa shape index (κ1) is 20.6. The Hall–Kier alpha value is -2.69. The summed E-state index contributed by atoms with van der Waals surface area (Å²) in [5, 5.41) is 13.9. The van der Waals surface area contributed by atoms with Gasteiger partial charge >= 0.3 is 11.7 Å². The number of aromatic nitrogens is 1. The molecule has 0 aliphatic carbocycles. The highest BCUT2D eigenvalue weighted by molar-refractivity contribution is 7.89. The average molecular weight is 414 g/mol. The van der Waals surface area contributed by atoms with Crippen molar-refractivity contribution in [3.05, 3.63) is 58.5 Å². The van der Waals surface area contributed by atoms with Crippen molar-refractivity contribution < 1.29 is 27.5 Å². The van der Waals surface area contributed by atoms with Gasteiger partial charge in [-0.1, -0.05) is 11.6 Å². The molecule has 0 saturated carbocycles. The number of carbonyl (C=O) groups is 2. The summed E-state index contributed by atoms with van der Waals surface area (Å²) in [7, 11) is -0.981. The van der Waals surface area contributed by atoms with E-state index < -0.39 is 28.5 Å². The van der Waals surface area contributed by atoms with E-state index in [4.69, 9.17) is 16.3 Å². The average Bonchev–Trinajstić information content (AvgIpc) is 2.61. The minimum atomic E-state index is -3.72. The molecule has 0 radical (unpaired) electrons. The van der Waals surface area contributed by atoms with E-state index in [9.17, 15) is 23.2 Å². The quantitative estimate of drug-likeness (QED) is 0.429. The second-order valence-corrected chi connectivity index (χ2v) is 8.02. The molecule has 144 valence electrons. The minimum absolute atomic E-state index is 0.0410. The van der Waals surface area contributed by atoms with Gasteiger partial charge in [0.25, 0.3) is 5.91 Å². The SMILES string of the molecule is CN(C)S(=O)(=O)c1ccc(Cl)c(NC(=O)COC(=O)c2cccc[n+]2[O-])c1. The summed E-state index contributed by atoms with van der Waals surface area (Å²) in [5.74, 6) is -1.73. The number of amides is 1. The Morgan fingerprint density at radius 2 is 1.96 bits per heavy atom. The summed E-state index contributed by atoms with van der Waals surface area (Å²) in [6.07, 6.45) is 1.12. The predicted molar refractivity (Wildman–Crippen MR) is 96.6 cm³/mol. The molecule has 1 heterocycles. The van der Waals surface area contributed by atoms with E-state index in [-0.39, 0.29) is 21.3 Å². The van der Waals surface area contributed by atoms with Crippen molar-refractivity contribution >= 4 is 39.2 Å². The molecule has 0 aliphatic rings. The van der Waals surface area contributed by atoms with Gasteiger partial charge in [-0.25, -0.2) is 17.5 Å². The molecule has 9 nitrogen and oxygen atoms in total. The summed E-state index contributed by atoms with van der Waals surface area (Å²) in [6.45, 7) is -0.686. The first-order chi connectivity index (χ1) is 12.6. The standard InChI is InChI=1S/C16H16ClN3O6S/c1-19(2)27(24,25)11-6-7-12(17)13(9-11)18-15(21)10-26-16(22)14-5-3-4-8-20(14)23/h3-9H,10H2,1-2H3,(H,18,21). The Morgan fingerprint density at radius 1 is 1.26 bits per heavy atom. The Kier molecular flexibility index (Phi) is 6.37. The lowest BCUT2D eigenvalue weighted by molar-refractivity contribution is -0.608. The molecule has 0 unspecified atom stereocenters. The second kappa shape index (κ2) is 8.33. The third-order valence-electron chi connectivity index (χ3n) is 3.36. The largest absolute Gasteiger partial charge is 0.618 e. The molecular weight excluding hydrogens is 398 g/mol. The minimum Gasteiger partial charge on any atom is -0.618 e. The van der Waals surface area contributed by atoms with E-state index in [2.05, 4.69) is 5.32 Å². The monoisotopic (exact) mass is 413 g/mol. The van der Waals surface area contributed by atoms with Crippen LogP contribution >= 0.6 is 11.6 Å². The maximum Gasteiger partial charge on any atom is 0.405 e. The number of hydrogen-bond acceptors (Lipinski definition) is 6. The molecule has 0 atom stereocenters. The number of pyridine rings is 1. The van der Waals surface area contributed by atoms with Gasteiger partial charge in [-0.15, -0.1) is 0 Å². The maximum atomic E-state index is 12.2. The number of benzene rings is 1.